The fourth-order valence-corrected chi connectivity index (χ4v) is 4.89. The average molecular weight is 480 g/mol. The van der Waals surface area contributed by atoms with E-state index >= 15 is 0 Å². The highest BCUT2D eigenvalue weighted by molar-refractivity contribution is 5.86. The highest BCUT2D eigenvalue weighted by Crippen LogP contribution is 2.44. The van der Waals surface area contributed by atoms with Crippen LogP contribution in [0, 0.1) is 5.41 Å². The molecule has 1 atom stereocenters. The molecule has 2 aliphatic rings. The van der Waals surface area contributed by atoms with E-state index in [1.165, 1.54) is 0 Å². The van der Waals surface area contributed by atoms with Crippen molar-refractivity contribution in [1.29, 1.82) is 0 Å². The van der Waals surface area contributed by atoms with E-state index in [-0.39, 0.29) is 19.1 Å². The molecule has 8 nitrogen and oxygen atoms in total. The average Bonchev–Trinajstić information content (AvgIpc) is 3.13. The quantitative estimate of drug-likeness (QED) is 0.483. The first-order valence-corrected chi connectivity index (χ1v) is 12.1. The third-order valence-electron chi connectivity index (χ3n) is 7.18. The number of alkyl carbamates (subject to hydrolysis) is 1. The zero-order chi connectivity index (χ0) is 25.0. The van der Waals surface area contributed by atoms with Crippen LogP contribution in [0.3, 0.4) is 0 Å². The van der Waals surface area contributed by atoms with Gasteiger partial charge in [0, 0.05) is 12.5 Å². The molecule has 1 unspecified atom stereocenters. The summed E-state index contributed by atoms with van der Waals surface area (Å²) >= 11 is 0. The SMILES string of the molecule is CN(C)CCC(NC(=O)OCC1c2ccccc2-c2ccccc21)C(=O)NCC1(C(=O)O)CCC1. The van der Waals surface area contributed by atoms with Crippen LogP contribution in [0.15, 0.2) is 48.5 Å². The Balaban J connectivity index is 1.38. The topological polar surface area (TPSA) is 108 Å². The van der Waals surface area contributed by atoms with E-state index < -0.39 is 29.4 Å². The molecule has 2 amide bonds. The number of carbonyl (C=O) groups excluding carboxylic acids is 2. The van der Waals surface area contributed by atoms with Crippen LogP contribution in [0.2, 0.25) is 0 Å². The molecule has 0 heterocycles. The number of fused-ring (bicyclic) bond motifs is 3. The predicted octanol–water partition coefficient (Wildman–Crippen LogP) is 3.22. The van der Waals surface area contributed by atoms with Crippen molar-refractivity contribution in [2.75, 3.05) is 33.8 Å². The summed E-state index contributed by atoms with van der Waals surface area (Å²) in [5.41, 5.74) is 3.61. The molecule has 2 aromatic rings. The van der Waals surface area contributed by atoms with Gasteiger partial charge in [0.05, 0.1) is 5.41 Å². The maximum absolute atomic E-state index is 12.9. The number of carboxylic acid groups (broad SMARTS) is 1. The van der Waals surface area contributed by atoms with Crippen LogP contribution < -0.4 is 10.6 Å². The number of amides is 2. The first-order valence-electron chi connectivity index (χ1n) is 12.1. The van der Waals surface area contributed by atoms with E-state index in [1.807, 2.05) is 55.4 Å². The fourth-order valence-electron chi connectivity index (χ4n) is 4.89. The first kappa shape index (κ1) is 24.7. The number of benzene rings is 2. The third kappa shape index (κ3) is 5.32. The van der Waals surface area contributed by atoms with Crippen LogP contribution in [0.25, 0.3) is 11.1 Å². The number of carbonyl (C=O) groups is 3. The minimum absolute atomic E-state index is 0.0615. The van der Waals surface area contributed by atoms with Crippen LogP contribution in [0.5, 0.6) is 0 Å². The molecule has 1 saturated carbocycles. The summed E-state index contributed by atoms with van der Waals surface area (Å²) in [4.78, 5) is 39.2. The van der Waals surface area contributed by atoms with Crippen LogP contribution in [0.4, 0.5) is 4.79 Å². The second-order valence-corrected chi connectivity index (χ2v) is 9.77. The molecule has 0 saturated heterocycles. The second kappa shape index (κ2) is 10.5. The molecule has 8 heteroatoms. The van der Waals surface area contributed by atoms with Gasteiger partial charge in [-0.15, -0.1) is 0 Å². The Bertz CT molecular complexity index is 1050. The van der Waals surface area contributed by atoms with Crippen molar-refractivity contribution in [3.8, 4) is 11.1 Å². The van der Waals surface area contributed by atoms with Gasteiger partial charge in [-0.05, 0) is 62.2 Å². The Morgan fingerprint density at radius 1 is 1.06 bits per heavy atom. The number of hydrogen-bond donors (Lipinski definition) is 3. The van der Waals surface area contributed by atoms with Gasteiger partial charge in [-0.3, -0.25) is 9.59 Å². The van der Waals surface area contributed by atoms with Crippen LogP contribution in [-0.4, -0.2) is 67.8 Å². The van der Waals surface area contributed by atoms with Crippen LogP contribution in [0.1, 0.15) is 42.7 Å². The van der Waals surface area contributed by atoms with E-state index in [2.05, 4.69) is 22.8 Å². The number of ether oxygens (including phenoxy) is 1. The zero-order valence-corrected chi connectivity index (χ0v) is 20.3. The number of aliphatic carboxylic acids is 1. The Morgan fingerprint density at radius 3 is 2.17 bits per heavy atom. The summed E-state index contributed by atoms with van der Waals surface area (Å²) in [7, 11) is 3.77. The van der Waals surface area contributed by atoms with Crippen molar-refractivity contribution in [1.82, 2.24) is 15.5 Å². The van der Waals surface area contributed by atoms with Gasteiger partial charge in [-0.1, -0.05) is 55.0 Å². The molecule has 4 rings (SSSR count). The number of rotatable bonds is 10. The summed E-state index contributed by atoms with van der Waals surface area (Å²) in [5, 5.41) is 15.0. The summed E-state index contributed by atoms with van der Waals surface area (Å²) in [6.45, 7) is 0.793. The van der Waals surface area contributed by atoms with Crippen molar-refractivity contribution < 1.29 is 24.2 Å². The van der Waals surface area contributed by atoms with E-state index in [4.69, 9.17) is 4.74 Å². The summed E-state index contributed by atoms with van der Waals surface area (Å²) < 4.78 is 5.61. The third-order valence-corrected chi connectivity index (χ3v) is 7.18. The normalized spacial score (nSPS) is 16.5. The largest absolute Gasteiger partial charge is 0.481 e. The van der Waals surface area contributed by atoms with Gasteiger partial charge in [-0.25, -0.2) is 4.79 Å². The molecule has 186 valence electrons. The van der Waals surface area contributed by atoms with Crippen molar-refractivity contribution in [2.45, 2.75) is 37.6 Å². The molecule has 0 radical (unpaired) electrons. The molecule has 0 aromatic heterocycles. The number of nitrogens with one attached hydrogen (secondary N) is 2. The summed E-state index contributed by atoms with van der Waals surface area (Å²) in [6.07, 6.45) is 1.64. The Morgan fingerprint density at radius 2 is 1.66 bits per heavy atom. The molecule has 0 bridgehead atoms. The Labute approximate surface area is 205 Å². The van der Waals surface area contributed by atoms with Gasteiger partial charge >= 0.3 is 12.1 Å². The Kier molecular flexibility index (Phi) is 7.40. The van der Waals surface area contributed by atoms with E-state index in [0.717, 1.165) is 28.7 Å². The van der Waals surface area contributed by atoms with Crippen LogP contribution in [-0.2, 0) is 14.3 Å². The fraction of sp³-hybridized carbons (Fsp3) is 0.444. The first-order chi connectivity index (χ1) is 16.8. The highest BCUT2D eigenvalue weighted by atomic mass is 16.5. The lowest BCUT2D eigenvalue weighted by Gasteiger charge is -2.37. The summed E-state index contributed by atoms with van der Waals surface area (Å²) in [5.74, 6) is -1.36. The van der Waals surface area contributed by atoms with Crippen molar-refractivity contribution in [3.05, 3.63) is 59.7 Å². The van der Waals surface area contributed by atoms with E-state index in [1.54, 1.807) is 0 Å². The van der Waals surface area contributed by atoms with Crippen molar-refractivity contribution in [2.24, 2.45) is 5.41 Å². The molecule has 2 aliphatic carbocycles. The van der Waals surface area contributed by atoms with Gasteiger partial charge in [0.25, 0.3) is 0 Å². The van der Waals surface area contributed by atoms with Crippen LogP contribution >= 0.6 is 0 Å². The van der Waals surface area contributed by atoms with Gasteiger partial charge in [0.1, 0.15) is 12.6 Å². The lowest BCUT2D eigenvalue weighted by molar-refractivity contribution is -0.154. The van der Waals surface area contributed by atoms with Crippen molar-refractivity contribution in [3.63, 3.8) is 0 Å². The number of carboxylic acids is 1. The lowest BCUT2D eigenvalue weighted by Crippen LogP contribution is -2.53. The van der Waals surface area contributed by atoms with Crippen molar-refractivity contribution >= 4 is 18.0 Å². The molecule has 2 aromatic carbocycles. The molecule has 35 heavy (non-hydrogen) atoms. The molecule has 0 aliphatic heterocycles. The van der Waals surface area contributed by atoms with E-state index in [9.17, 15) is 19.5 Å². The Hall–Kier alpha value is -3.39. The molecule has 0 spiro atoms. The van der Waals surface area contributed by atoms with Gasteiger partial charge < -0.3 is 25.4 Å². The maximum Gasteiger partial charge on any atom is 0.407 e. The number of nitrogens with zero attached hydrogens (tertiary/aromatic N) is 1. The summed E-state index contributed by atoms with van der Waals surface area (Å²) in [6, 6.07) is 15.4. The minimum Gasteiger partial charge on any atom is -0.481 e. The standard InChI is InChI=1S/C27H33N3O5/c1-30(2)15-12-23(24(31)28-17-27(25(32)33)13-7-14-27)29-26(34)35-16-22-20-10-5-3-8-18(20)19-9-4-6-11-21(19)22/h3-6,8-11,22-23H,7,12-17H2,1-2H3,(H,28,31)(H,29,34)(H,32,33). The molecule has 3 N–H and O–H groups in total. The smallest absolute Gasteiger partial charge is 0.407 e. The molecular weight excluding hydrogens is 446 g/mol. The van der Waals surface area contributed by atoms with Gasteiger partial charge in [-0.2, -0.15) is 0 Å². The maximum atomic E-state index is 12.9. The zero-order valence-electron chi connectivity index (χ0n) is 20.3. The lowest BCUT2D eigenvalue weighted by atomic mass is 9.69. The van der Waals surface area contributed by atoms with Gasteiger partial charge in [0.15, 0.2) is 0 Å². The minimum atomic E-state index is -0.897. The highest BCUT2D eigenvalue weighted by Gasteiger charge is 2.44. The second-order valence-electron chi connectivity index (χ2n) is 9.77. The van der Waals surface area contributed by atoms with E-state index in [0.29, 0.717) is 25.8 Å². The monoisotopic (exact) mass is 479 g/mol. The molecule has 1 fully saturated rings. The molecular formula is C27H33N3O5. The number of hydrogen-bond acceptors (Lipinski definition) is 5. The van der Waals surface area contributed by atoms with Gasteiger partial charge in [0.2, 0.25) is 5.91 Å². The predicted molar refractivity (Wildman–Crippen MR) is 132 cm³/mol.